The first kappa shape index (κ1) is 24.0. The van der Waals surface area contributed by atoms with E-state index in [2.05, 4.69) is 70.7 Å². The highest BCUT2D eigenvalue weighted by molar-refractivity contribution is 7.16. The van der Waals surface area contributed by atoms with Crippen molar-refractivity contribution in [3.8, 4) is 5.75 Å². The van der Waals surface area contributed by atoms with Gasteiger partial charge in [-0.05, 0) is 47.7 Å². The van der Waals surface area contributed by atoms with E-state index in [4.69, 9.17) is 0 Å². The minimum Gasteiger partial charge on any atom is -0.506 e. The second-order valence-corrected chi connectivity index (χ2v) is 9.44. The second-order valence-electron chi connectivity index (χ2n) is 8.46. The normalized spacial score (nSPS) is 12.2. The van der Waals surface area contributed by atoms with Crippen molar-refractivity contribution in [2.75, 3.05) is 18.0 Å². The van der Waals surface area contributed by atoms with E-state index in [0.717, 1.165) is 42.8 Å². The Kier molecular flexibility index (Phi) is 8.00. The molecular formula is C27H31N3O3S. The second kappa shape index (κ2) is 11.3. The molecular weight excluding hydrogens is 446 g/mol. The van der Waals surface area contributed by atoms with Crippen LogP contribution in [-0.2, 0) is 19.4 Å². The van der Waals surface area contributed by atoms with E-state index >= 15 is 0 Å². The Bertz CT molecular complexity index is 1250. The van der Waals surface area contributed by atoms with E-state index in [-0.39, 0.29) is 10.6 Å². The van der Waals surface area contributed by atoms with Crippen molar-refractivity contribution in [2.24, 2.45) is 0 Å². The lowest BCUT2D eigenvalue weighted by Crippen LogP contribution is -2.32. The Labute approximate surface area is 203 Å². The van der Waals surface area contributed by atoms with E-state index in [1.54, 1.807) is 12.1 Å². The molecule has 7 heteroatoms. The molecule has 0 amide bonds. The van der Waals surface area contributed by atoms with Crippen molar-refractivity contribution in [3.05, 3.63) is 93.1 Å². The maximum Gasteiger partial charge on any atom is 0.305 e. The summed E-state index contributed by atoms with van der Waals surface area (Å²) in [5.41, 5.74) is 4.99. The number of fused-ring (bicyclic) bond motifs is 1. The molecule has 1 unspecified atom stereocenters. The van der Waals surface area contributed by atoms with Gasteiger partial charge in [0.25, 0.3) is 0 Å². The lowest BCUT2D eigenvalue weighted by Gasteiger charge is -2.24. The molecule has 0 spiro atoms. The highest BCUT2D eigenvalue weighted by Crippen LogP contribution is 2.28. The maximum absolute atomic E-state index is 11.7. The molecule has 0 aliphatic heterocycles. The molecule has 4 aromatic rings. The van der Waals surface area contributed by atoms with Crippen LogP contribution < -0.4 is 15.1 Å². The fourth-order valence-corrected chi connectivity index (χ4v) is 5.02. The number of aliphatic hydroxyl groups is 1. The van der Waals surface area contributed by atoms with Crippen LogP contribution in [0, 0.1) is 0 Å². The summed E-state index contributed by atoms with van der Waals surface area (Å²) in [6.45, 7) is 4.73. The summed E-state index contributed by atoms with van der Waals surface area (Å²) < 4.78 is 0.689. The fourth-order valence-electron chi connectivity index (χ4n) is 4.14. The molecule has 4 N–H and O–H groups in total. The van der Waals surface area contributed by atoms with Gasteiger partial charge in [-0.25, -0.2) is 0 Å². The van der Waals surface area contributed by atoms with Crippen molar-refractivity contribution in [1.82, 2.24) is 10.3 Å². The van der Waals surface area contributed by atoms with Gasteiger partial charge in [0.2, 0.25) is 0 Å². The van der Waals surface area contributed by atoms with Crippen LogP contribution in [0.3, 0.4) is 0 Å². The lowest BCUT2D eigenvalue weighted by atomic mass is 10.1. The van der Waals surface area contributed by atoms with Crippen LogP contribution in [0.4, 0.5) is 5.69 Å². The predicted molar refractivity (Wildman–Crippen MR) is 140 cm³/mol. The van der Waals surface area contributed by atoms with Gasteiger partial charge in [-0.2, -0.15) is 0 Å². The largest absolute Gasteiger partial charge is 0.506 e. The van der Waals surface area contributed by atoms with E-state index < -0.39 is 6.23 Å². The smallest absolute Gasteiger partial charge is 0.305 e. The average Bonchev–Trinajstić information content (AvgIpc) is 3.25. The molecule has 0 bridgehead atoms. The van der Waals surface area contributed by atoms with Crippen LogP contribution in [0.25, 0.3) is 10.2 Å². The molecule has 1 atom stereocenters. The molecule has 178 valence electrons. The number of H-pyrrole nitrogens is 1. The number of anilines is 1. The number of aromatic nitrogens is 1. The zero-order valence-electron chi connectivity index (χ0n) is 19.3. The van der Waals surface area contributed by atoms with Crippen molar-refractivity contribution < 1.29 is 10.2 Å². The molecule has 3 aromatic carbocycles. The summed E-state index contributed by atoms with van der Waals surface area (Å²) in [7, 11) is 0. The Morgan fingerprint density at radius 2 is 1.76 bits per heavy atom. The number of aromatic hydroxyl groups is 1. The molecule has 6 nitrogen and oxygen atoms in total. The van der Waals surface area contributed by atoms with Gasteiger partial charge in [-0.15, -0.1) is 0 Å². The zero-order chi connectivity index (χ0) is 23.9. The Hall–Kier alpha value is -3.13. The molecule has 0 saturated heterocycles. The van der Waals surface area contributed by atoms with Crippen molar-refractivity contribution >= 4 is 27.2 Å². The van der Waals surface area contributed by atoms with E-state index in [0.29, 0.717) is 23.2 Å². The number of phenols is 1. The van der Waals surface area contributed by atoms with Gasteiger partial charge in [0.05, 0.1) is 4.70 Å². The number of hydrogen-bond donors (Lipinski definition) is 4. The van der Waals surface area contributed by atoms with E-state index in [1.807, 2.05) is 6.07 Å². The van der Waals surface area contributed by atoms with Gasteiger partial charge in [0.1, 0.15) is 17.5 Å². The van der Waals surface area contributed by atoms with Crippen LogP contribution in [-0.4, -0.2) is 34.5 Å². The average molecular weight is 478 g/mol. The molecule has 1 heterocycles. The van der Waals surface area contributed by atoms with Gasteiger partial charge in [0, 0.05) is 31.7 Å². The molecule has 0 aliphatic carbocycles. The molecule has 0 aliphatic rings. The summed E-state index contributed by atoms with van der Waals surface area (Å²) in [5.74, 6) is 0.0459. The number of phenolic OH excluding ortho intramolecular Hbond substituents is 1. The Balaban J connectivity index is 1.29. The summed E-state index contributed by atoms with van der Waals surface area (Å²) in [6.07, 6.45) is 1.52. The third-order valence-electron chi connectivity index (χ3n) is 5.86. The highest BCUT2D eigenvalue weighted by atomic mass is 32.1. The van der Waals surface area contributed by atoms with Gasteiger partial charge >= 0.3 is 4.87 Å². The third-order valence-corrected chi connectivity index (χ3v) is 6.82. The monoisotopic (exact) mass is 477 g/mol. The SMILES string of the molecule is CCCN(Cc1ccc(CCNC(O)Cc2ccc(O)c3[nH]c(=O)sc23)cc1)c1ccccc1. The number of nitrogens with one attached hydrogen (secondary N) is 2. The Morgan fingerprint density at radius 3 is 2.50 bits per heavy atom. The van der Waals surface area contributed by atoms with Crippen LogP contribution in [0.5, 0.6) is 5.75 Å². The predicted octanol–water partition coefficient (Wildman–Crippen LogP) is 4.41. The maximum atomic E-state index is 11.7. The first-order valence-electron chi connectivity index (χ1n) is 11.7. The fraction of sp³-hybridized carbons (Fsp3) is 0.296. The number of benzene rings is 3. The lowest BCUT2D eigenvalue weighted by molar-refractivity contribution is 0.139. The van der Waals surface area contributed by atoms with Crippen LogP contribution in [0.1, 0.15) is 30.0 Å². The number of aliphatic hydroxyl groups excluding tert-OH is 1. The molecule has 1 aromatic heterocycles. The minimum atomic E-state index is -0.738. The van der Waals surface area contributed by atoms with Gasteiger partial charge in [-0.1, -0.05) is 66.8 Å². The number of rotatable bonds is 11. The van der Waals surface area contributed by atoms with Crippen LogP contribution >= 0.6 is 11.3 Å². The topological polar surface area (TPSA) is 88.6 Å². The van der Waals surface area contributed by atoms with E-state index in [1.165, 1.54) is 16.8 Å². The molecule has 0 fully saturated rings. The minimum absolute atomic E-state index is 0.0459. The summed E-state index contributed by atoms with van der Waals surface area (Å²) in [6, 6.07) is 22.5. The quantitative estimate of drug-likeness (QED) is 0.241. The zero-order valence-corrected chi connectivity index (χ0v) is 20.1. The van der Waals surface area contributed by atoms with Crippen molar-refractivity contribution in [1.29, 1.82) is 0 Å². The van der Waals surface area contributed by atoms with Gasteiger partial charge in [-0.3, -0.25) is 10.1 Å². The number of aromatic amines is 1. The van der Waals surface area contributed by atoms with Crippen LogP contribution in [0.15, 0.2) is 71.5 Å². The van der Waals surface area contributed by atoms with Crippen molar-refractivity contribution in [2.45, 2.75) is 39.0 Å². The highest BCUT2D eigenvalue weighted by Gasteiger charge is 2.13. The summed E-state index contributed by atoms with van der Waals surface area (Å²) in [5, 5.41) is 23.5. The number of nitrogens with zero attached hydrogens (tertiary/aromatic N) is 1. The summed E-state index contributed by atoms with van der Waals surface area (Å²) >= 11 is 1.05. The first-order valence-corrected chi connectivity index (χ1v) is 12.5. The van der Waals surface area contributed by atoms with Gasteiger partial charge in [0.15, 0.2) is 0 Å². The molecule has 0 saturated carbocycles. The number of hydrogen-bond acceptors (Lipinski definition) is 6. The first-order chi connectivity index (χ1) is 16.5. The molecule has 4 rings (SSSR count). The third kappa shape index (κ3) is 6.05. The summed E-state index contributed by atoms with van der Waals surface area (Å²) in [4.78, 5) is 16.5. The van der Waals surface area contributed by atoms with Crippen molar-refractivity contribution in [3.63, 3.8) is 0 Å². The molecule has 34 heavy (non-hydrogen) atoms. The standard InChI is InChI=1S/C27H31N3O3S/c1-2-16-30(22-6-4-3-5-7-22)18-20-10-8-19(9-11-20)14-15-28-24(32)17-21-12-13-23(31)25-26(21)34-27(33)29-25/h3-13,24,28,31-32H,2,14-18H2,1H3,(H,29,33). The van der Waals surface area contributed by atoms with Gasteiger partial charge < -0.3 is 20.1 Å². The number of para-hydroxylation sites is 1. The number of thiazole rings is 1. The Morgan fingerprint density at radius 1 is 1.03 bits per heavy atom. The van der Waals surface area contributed by atoms with E-state index in [9.17, 15) is 15.0 Å². The van der Waals surface area contributed by atoms with Crippen LogP contribution in [0.2, 0.25) is 0 Å². The molecule has 0 radical (unpaired) electrons.